The van der Waals surface area contributed by atoms with Gasteiger partial charge in [-0.25, -0.2) is 0 Å². The van der Waals surface area contributed by atoms with E-state index in [-0.39, 0.29) is 24.4 Å². The smallest absolute Gasteiger partial charge is 0.318 e. The average Bonchev–Trinajstić information content (AvgIpc) is 3.22. The fraction of sp³-hybridized carbons (Fsp3) is 0.500. The van der Waals surface area contributed by atoms with E-state index < -0.39 is 5.41 Å². The molecule has 0 radical (unpaired) electrons. The van der Waals surface area contributed by atoms with E-state index in [0.29, 0.717) is 0 Å². The maximum Gasteiger partial charge on any atom is 0.318 e. The summed E-state index contributed by atoms with van der Waals surface area (Å²) in [6.07, 6.45) is 3.63. The van der Waals surface area contributed by atoms with E-state index in [1.165, 1.54) is 25.3 Å². The number of aryl methyl sites for hydroxylation is 1. The summed E-state index contributed by atoms with van der Waals surface area (Å²) >= 11 is 0. The van der Waals surface area contributed by atoms with Crippen LogP contribution in [0.1, 0.15) is 36.8 Å². The van der Waals surface area contributed by atoms with Gasteiger partial charge in [-0.05, 0) is 36.8 Å². The highest BCUT2D eigenvalue weighted by molar-refractivity contribution is 5.93. The Morgan fingerprint density at radius 1 is 1.20 bits per heavy atom. The van der Waals surface area contributed by atoms with Crippen molar-refractivity contribution in [2.45, 2.75) is 38.1 Å². The number of esters is 2. The number of methoxy groups -OCH3 is 2. The highest BCUT2D eigenvalue weighted by Gasteiger charge is 2.61. The van der Waals surface area contributed by atoms with Crippen LogP contribution in [-0.2, 0) is 25.5 Å². The number of hydrogen-bond acceptors (Lipinski definition) is 5. The molecule has 0 aromatic heterocycles. The van der Waals surface area contributed by atoms with Crippen molar-refractivity contribution in [2.24, 2.45) is 5.41 Å². The van der Waals surface area contributed by atoms with Crippen molar-refractivity contribution >= 4 is 17.6 Å². The Kier molecular flexibility index (Phi) is 3.82. The van der Waals surface area contributed by atoms with E-state index in [9.17, 15) is 9.59 Å². The first-order chi connectivity index (χ1) is 12.1. The van der Waals surface area contributed by atoms with Gasteiger partial charge in [-0.1, -0.05) is 24.3 Å². The summed E-state index contributed by atoms with van der Waals surface area (Å²) in [5.41, 5.74) is 3.81. The van der Waals surface area contributed by atoms with Crippen molar-refractivity contribution in [3.8, 4) is 0 Å². The Hall–Kier alpha value is -2.30. The molecule has 2 heterocycles. The summed E-state index contributed by atoms with van der Waals surface area (Å²) in [5, 5.41) is 0. The third-order valence-corrected chi connectivity index (χ3v) is 6.05. The SMILES string of the molecule is COC(=O)CC1(C(=O)OC)C2=C(c3ccccc3CC2)N2CCCC21. The lowest BCUT2D eigenvalue weighted by molar-refractivity contribution is -0.159. The lowest BCUT2D eigenvalue weighted by atomic mass is 9.69. The minimum Gasteiger partial charge on any atom is -0.469 e. The van der Waals surface area contributed by atoms with Crippen LogP contribution < -0.4 is 0 Å². The molecule has 0 bridgehead atoms. The quantitative estimate of drug-likeness (QED) is 0.791. The van der Waals surface area contributed by atoms with E-state index >= 15 is 0 Å². The van der Waals surface area contributed by atoms with Crippen LogP contribution in [0.15, 0.2) is 29.8 Å². The second kappa shape index (κ2) is 5.90. The lowest BCUT2D eigenvalue weighted by Crippen LogP contribution is -2.46. The van der Waals surface area contributed by atoms with Crippen LogP contribution in [0.4, 0.5) is 0 Å². The molecule has 0 N–H and O–H groups in total. The van der Waals surface area contributed by atoms with Crippen LogP contribution in [0.25, 0.3) is 5.70 Å². The predicted octanol–water partition coefficient (Wildman–Crippen LogP) is 2.54. The molecule has 2 atom stereocenters. The first kappa shape index (κ1) is 16.2. The van der Waals surface area contributed by atoms with Gasteiger partial charge in [0.15, 0.2) is 0 Å². The number of nitrogens with zero attached hydrogens (tertiary/aromatic N) is 1. The molecule has 2 aliphatic heterocycles. The zero-order chi connectivity index (χ0) is 17.6. The molecule has 2 unspecified atom stereocenters. The molecular formula is C20H23NO4. The normalized spacial score (nSPS) is 26.8. The topological polar surface area (TPSA) is 55.8 Å². The van der Waals surface area contributed by atoms with Gasteiger partial charge in [0.25, 0.3) is 0 Å². The fourth-order valence-electron chi connectivity index (χ4n) is 5.06. The van der Waals surface area contributed by atoms with Crippen molar-refractivity contribution < 1.29 is 19.1 Å². The Morgan fingerprint density at radius 3 is 2.76 bits per heavy atom. The molecule has 0 saturated carbocycles. The van der Waals surface area contributed by atoms with Crippen LogP contribution >= 0.6 is 0 Å². The predicted molar refractivity (Wildman–Crippen MR) is 92.5 cm³/mol. The Labute approximate surface area is 147 Å². The van der Waals surface area contributed by atoms with Gasteiger partial charge >= 0.3 is 11.9 Å². The highest BCUT2D eigenvalue weighted by atomic mass is 16.5. The summed E-state index contributed by atoms with van der Waals surface area (Å²) in [7, 11) is 2.79. The average molecular weight is 341 g/mol. The van der Waals surface area contributed by atoms with E-state index in [4.69, 9.17) is 9.47 Å². The molecule has 1 aromatic rings. The summed E-state index contributed by atoms with van der Waals surface area (Å²) < 4.78 is 10.2. The molecule has 1 fully saturated rings. The number of hydrogen-bond donors (Lipinski definition) is 0. The molecule has 1 aromatic carbocycles. The number of carbonyl (C=O) groups is 2. The molecule has 5 heteroatoms. The molecule has 4 rings (SSSR count). The van der Waals surface area contributed by atoms with Gasteiger partial charge in [0, 0.05) is 23.8 Å². The van der Waals surface area contributed by atoms with Crippen LogP contribution in [0.5, 0.6) is 0 Å². The molecule has 5 nitrogen and oxygen atoms in total. The summed E-state index contributed by atoms with van der Waals surface area (Å²) in [6.45, 7) is 0.914. The number of ether oxygens (including phenoxy) is 2. The van der Waals surface area contributed by atoms with Crippen LogP contribution in [-0.4, -0.2) is 43.6 Å². The number of rotatable bonds is 3. The second-order valence-electron chi connectivity index (χ2n) is 7.05. The molecule has 3 aliphatic rings. The van der Waals surface area contributed by atoms with Crippen molar-refractivity contribution in [2.75, 3.05) is 20.8 Å². The van der Waals surface area contributed by atoms with Gasteiger partial charge in [-0.15, -0.1) is 0 Å². The van der Waals surface area contributed by atoms with E-state index in [1.54, 1.807) is 0 Å². The van der Waals surface area contributed by atoms with Crippen molar-refractivity contribution in [3.63, 3.8) is 0 Å². The first-order valence-corrected chi connectivity index (χ1v) is 8.87. The highest BCUT2D eigenvalue weighted by Crippen LogP contribution is 2.57. The molecular weight excluding hydrogens is 318 g/mol. The maximum absolute atomic E-state index is 13.0. The summed E-state index contributed by atoms with van der Waals surface area (Å²) in [6, 6.07) is 8.37. The summed E-state index contributed by atoms with van der Waals surface area (Å²) in [5.74, 6) is -0.663. The third kappa shape index (κ3) is 2.14. The van der Waals surface area contributed by atoms with Crippen LogP contribution in [0, 0.1) is 5.41 Å². The van der Waals surface area contributed by atoms with Crippen LogP contribution in [0.2, 0.25) is 0 Å². The number of benzene rings is 1. The molecule has 25 heavy (non-hydrogen) atoms. The van der Waals surface area contributed by atoms with E-state index in [2.05, 4.69) is 23.1 Å². The molecule has 1 aliphatic carbocycles. The molecule has 132 valence electrons. The van der Waals surface area contributed by atoms with Gasteiger partial charge in [0.1, 0.15) is 5.41 Å². The minimum atomic E-state index is -0.915. The molecule has 0 amide bonds. The largest absolute Gasteiger partial charge is 0.469 e. The zero-order valence-corrected chi connectivity index (χ0v) is 14.7. The summed E-state index contributed by atoms with van der Waals surface area (Å²) in [4.78, 5) is 27.6. The van der Waals surface area contributed by atoms with Gasteiger partial charge in [0.05, 0.1) is 20.6 Å². The van der Waals surface area contributed by atoms with E-state index in [0.717, 1.165) is 43.5 Å². The minimum absolute atomic E-state index is 0.0183. The molecule has 0 spiro atoms. The Morgan fingerprint density at radius 2 is 2.00 bits per heavy atom. The van der Waals surface area contributed by atoms with Crippen molar-refractivity contribution in [1.82, 2.24) is 4.90 Å². The number of fused-ring (bicyclic) bond motifs is 4. The third-order valence-electron chi connectivity index (χ3n) is 6.05. The van der Waals surface area contributed by atoms with E-state index in [1.807, 2.05) is 6.07 Å². The fourth-order valence-corrected chi connectivity index (χ4v) is 5.06. The second-order valence-corrected chi connectivity index (χ2v) is 7.05. The van der Waals surface area contributed by atoms with Crippen molar-refractivity contribution in [1.29, 1.82) is 0 Å². The van der Waals surface area contributed by atoms with Gasteiger partial charge in [-0.2, -0.15) is 0 Å². The lowest BCUT2D eigenvalue weighted by Gasteiger charge is -2.34. The van der Waals surface area contributed by atoms with Gasteiger partial charge in [-0.3, -0.25) is 9.59 Å². The van der Waals surface area contributed by atoms with Crippen molar-refractivity contribution in [3.05, 3.63) is 41.0 Å². The zero-order valence-electron chi connectivity index (χ0n) is 14.7. The monoisotopic (exact) mass is 341 g/mol. The first-order valence-electron chi connectivity index (χ1n) is 8.87. The number of carbonyl (C=O) groups excluding carboxylic acids is 2. The standard InChI is InChI=1S/C20H23NO4/c1-24-17(22)12-20(19(23)25-2)15-10-9-13-6-3-4-7-14(13)18(15)21-11-5-8-16(20)21/h3-4,6-7,16H,5,8-12H2,1-2H3. The van der Waals surface area contributed by atoms with Crippen LogP contribution in [0.3, 0.4) is 0 Å². The Bertz CT molecular complexity index is 769. The van der Waals surface area contributed by atoms with Gasteiger partial charge < -0.3 is 14.4 Å². The molecule has 1 saturated heterocycles. The maximum atomic E-state index is 13.0. The van der Waals surface area contributed by atoms with Gasteiger partial charge in [0.2, 0.25) is 0 Å². The Balaban J connectivity index is 1.93.